The van der Waals surface area contributed by atoms with E-state index in [0.717, 1.165) is 35.5 Å². The molecule has 0 aliphatic carbocycles. The molecule has 0 atom stereocenters. The predicted octanol–water partition coefficient (Wildman–Crippen LogP) is -1.56. The number of rotatable bonds is 12. The molecule has 0 amide bonds. The maximum atomic E-state index is 11.8. The van der Waals surface area contributed by atoms with Crippen molar-refractivity contribution in [2.75, 3.05) is 35.5 Å². The average molecular weight is 1250 g/mol. The van der Waals surface area contributed by atoms with Crippen molar-refractivity contribution in [1.82, 2.24) is 21.7 Å². The van der Waals surface area contributed by atoms with E-state index >= 15 is 0 Å². The molecule has 0 aromatic heterocycles. The van der Waals surface area contributed by atoms with Crippen molar-refractivity contribution in [3.63, 3.8) is 0 Å². The standard InChI is InChI=1S/2C22H20N6O3.5CH4O.BrH.Dy.H2O/c2*29-19-10-4-1-7-16(19)13-23-26-22(27-24-14-17-8-2-5-11-20(17)30)28-25-15-18-9-3-6-12-21(18)31;5*1-2;;;/h2*1-15,29-31H,(H2,26,27,28);5*2H,1H3;1H;;1H2/q;;;;;;;;+3;/p-3/b2*23-13+,24-14+,25-15+;;;;;;;;. The first-order valence-electron chi connectivity index (χ1n) is 20.5. The first-order chi connectivity index (χ1) is 35.3. The number of benzene rings is 6. The zero-order chi connectivity index (χ0) is 53.8. The predicted molar refractivity (Wildman–Crippen MR) is 282 cm³/mol. The van der Waals surface area contributed by atoms with Crippen molar-refractivity contribution in [3.05, 3.63) is 179 Å². The number of nitrogens with zero attached hydrogens (tertiary/aromatic N) is 8. The topological polar surface area (TPSA) is 407 Å². The van der Waals surface area contributed by atoms with Crippen LogP contribution in [-0.2, 0) is 0 Å². The van der Waals surface area contributed by atoms with E-state index in [4.69, 9.17) is 25.5 Å². The number of aliphatic hydroxyl groups is 5. The molecule has 0 unspecified atom stereocenters. The van der Waals surface area contributed by atoms with E-state index in [9.17, 15) is 30.6 Å². The molecule has 6 rings (SSSR count). The Morgan fingerprint density at radius 3 is 0.787 bits per heavy atom. The summed E-state index contributed by atoms with van der Waals surface area (Å²) in [5.74, 6) is 0.00246. The van der Waals surface area contributed by atoms with Crippen molar-refractivity contribution in [1.29, 1.82) is 0 Å². The SMILES string of the molecule is CO.CO.CO.CO.CO.O.[Br-].[Dy+3].[O-]c1ccccc1/C=N/N/C(=N/N=C/c1ccccc1O)N/N=C/c1ccccc1O.[O-]c1ccccc1/C=N/N/C(=N/N=C/c1ccccc1O)N/N=C/c1ccccc1O. The van der Waals surface area contributed by atoms with Gasteiger partial charge in [-0.15, -0.1) is 10.2 Å². The summed E-state index contributed by atoms with van der Waals surface area (Å²) in [5, 5.41) is 129. The second-order valence-corrected chi connectivity index (χ2v) is 12.2. The largest absolute Gasteiger partial charge is 3.00 e. The Morgan fingerprint density at radius 1 is 0.347 bits per heavy atom. The molecule has 24 nitrogen and oxygen atoms in total. The van der Waals surface area contributed by atoms with Crippen LogP contribution >= 0.6 is 0 Å². The van der Waals surface area contributed by atoms with E-state index in [1.807, 2.05) is 0 Å². The summed E-state index contributed by atoms with van der Waals surface area (Å²) in [5.41, 5.74) is 13.2. The Morgan fingerprint density at radius 2 is 0.547 bits per heavy atom. The Labute approximate surface area is 474 Å². The Hall–Kier alpha value is -7.81. The van der Waals surface area contributed by atoms with Crippen LogP contribution in [0.2, 0.25) is 0 Å². The van der Waals surface area contributed by atoms with Gasteiger partial charge in [0.2, 0.25) is 0 Å². The number of nitrogens with one attached hydrogen (secondary N) is 4. The van der Waals surface area contributed by atoms with E-state index in [1.165, 1.54) is 73.7 Å². The van der Waals surface area contributed by atoms with Gasteiger partial charge in [-0.25, -0.2) is 21.7 Å². The van der Waals surface area contributed by atoms with Crippen LogP contribution in [0.1, 0.15) is 33.4 Å². The van der Waals surface area contributed by atoms with Crippen LogP contribution in [0.4, 0.5) is 0 Å². The minimum Gasteiger partial charge on any atom is -1.00 e. The molecule has 405 valence electrons. The van der Waals surface area contributed by atoms with Crippen LogP contribution in [-0.4, -0.2) is 136 Å². The molecule has 0 bridgehead atoms. The molecule has 0 saturated heterocycles. The van der Waals surface area contributed by atoms with Crippen molar-refractivity contribution in [2.45, 2.75) is 0 Å². The van der Waals surface area contributed by atoms with Crippen molar-refractivity contribution in [3.8, 4) is 34.5 Å². The van der Waals surface area contributed by atoms with Crippen LogP contribution in [0.3, 0.4) is 0 Å². The molecule has 0 saturated carbocycles. The summed E-state index contributed by atoms with van der Waals surface area (Å²) < 4.78 is 0. The van der Waals surface area contributed by atoms with Gasteiger partial charge in [0.1, 0.15) is 23.0 Å². The number of hydrazone groups is 4. The number of aromatic hydroxyl groups is 4. The van der Waals surface area contributed by atoms with Gasteiger partial charge in [0, 0.05) is 57.8 Å². The Bertz CT molecular complexity index is 2380. The Kier molecular flexibility index (Phi) is 47.6. The van der Waals surface area contributed by atoms with Crippen LogP contribution in [0.15, 0.2) is 186 Å². The molecule has 6 aromatic carbocycles. The number of phenols is 4. The van der Waals surface area contributed by atoms with Gasteiger partial charge in [-0.05, 0) is 59.7 Å². The molecule has 26 heteroatoms. The van der Waals surface area contributed by atoms with Gasteiger partial charge in [-0.3, -0.25) is 0 Å². The number of guanidine groups is 2. The summed E-state index contributed by atoms with van der Waals surface area (Å²) in [7, 11) is 5.00. The number of halogens is 1. The fourth-order valence-electron chi connectivity index (χ4n) is 4.65. The third-order valence-electron chi connectivity index (χ3n) is 7.79. The number of phenolic OH excluding ortho intramolecular Hbond substituents is 4. The summed E-state index contributed by atoms with van der Waals surface area (Å²) >= 11 is 0. The van der Waals surface area contributed by atoms with Crippen LogP contribution in [0, 0.1) is 38.2 Å². The van der Waals surface area contributed by atoms with Crippen LogP contribution < -0.4 is 48.9 Å². The smallest absolute Gasteiger partial charge is 1.00 e. The molecule has 0 heterocycles. The van der Waals surface area contributed by atoms with Crippen molar-refractivity contribution in [2.24, 2.45) is 40.8 Å². The second kappa shape index (κ2) is 48.5. The van der Waals surface area contributed by atoms with E-state index in [0.29, 0.717) is 33.4 Å². The van der Waals surface area contributed by atoms with Crippen molar-refractivity contribution < 1.29 is 117 Å². The van der Waals surface area contributed by atoms with E-state index in [1.54, 1.807) is 109 Å². The quantitative estimate of drug-likeness (QED) is 0.0374. The van der Waals surface area contributed by atoms with Gasteiger partial charge >= 0.3 is 38.2 Å². The normalized spacial score (nSPS) is 10.4. The summed E-state index contributed by atoms with van der Waals surface area (Å²) in [6.45, 7) is 0. The molecule has 0 aliphatic heterocycles. The minimum absolute atomic E-state index is 0. The van der Waals surface area contributed by atoms with E-state index < -0.39 is 0 Å². The zero-order valence-corrected chi connectivity index (χ0v) is 44.5. The molecule has 15 N–H and O–H groups in total. The fourth-order valence-corrected chi connectivity index (χ4v) is 4.65. The third kappa shape index (κ3) is 30.7. The fraction of sp³-hybridized carbons (Fsp3) is 0.102. The second-order valence-electron chi connectivity index (χ2n) is 12.2. The number of hydrogen-bond donors (Lipinski definition) is 13. The summed E-state index contributed by atoms with van der Waals surface area (Å²) in [4.78, 5) is 0. The van der Waals surface area contributed by atoms with Gasteiger partial charge in [0.15, 0.2) is 0 Å². The van der Waals surface area contributed by atoms with Gasteiger partial charge < -0.3 is 78.6 Å². The van der Waals surface area contributed by atoms with Crippen LogP contribution in [0.25, 0.3) is 0 Å². The molecule has 0 aliphatic rings. The first kappa shape index (κ1) is 73.7. The maximum Gasteiger partial charge on any atom is 3.00 e. The minimum atomic E-state index is -0.172. The molecule has 0 fully saturated rings. The Balaban J connectivity index is -0.000000557. The van der Waals surface area contributed by atoms with Gasteiger partial charge in [0.05, 0.1) is 37.3 Å². The molecule has 0 spiro atoms. The maximum absolute atomic E-state index is 11.8. The average Bonchev–Trinajstić information content (AvgIpc) is 3.42. The number of aliphatic hydroxyl groups excluding tert-OH is 5. The molecule has 6 aromatic rings. The van der Waals surface area contributed by atoms with Crippen LogP contribution in [0.5, 0.6) is 34.5 Å². The zero-order valence-electron chi connectivity index (χ0n) is 40.9. The monoisotopic (exact) mass is 1250 g/mol. The molecule has 1 radical (unpaired) electrons. The van der Waals surface area contributed by atoms with Crippen molar-refractivity contribution >= 4 is 49.2 Å². The molecular weight excluding hydrogens is 1190 g/mol. The number of para-hydroxylation sites is 6. The third-order valence-corrected chi connectivity index (χ3v) is 7.79. The first-order valence-corrected chi connectivity index (χ1v) is 20.5. The van der Waals surface area contributed by atoms with Gasteiger partial charge in [-0.2, -0.15) is 30.6 Å². The van der Waals surface area contributed by atoms with Gasteiger partial charge in [0.25, 0.3) is 11.9 Å². The molecule has 75 heavy (non-hydrogen) atoms. The summed E-state index contributed by atoms with van der Waals surface area (Å²) in [6, 6.07) is 39.5. The van der Waals surface area contributed by atoms with Gasteiger partial charge in [-0.1, -0.05) is 109 Å². The number of hydrogen-bond acceptors (Lipinski definition) is 19. The molecular formula is C49H60BrDyN12O12. The summed E-state index contributed by atoms with van der Waals surface area (Å²) in [6.07, 6.45) is 8.22. The van der Waals surface area contributed by atoms with E-state index in [-0.39, 0.29) is 107 Å². The van der Waals surface area contributed by atoms with E-state index in [2.05, 4.69) is 62.5 Å².